The summed E-state index contributed by atoms with van der Waals surface area (Å²) >= 11 is 1.73. The smallest absolute Gasteiger partial charge is 0.264 e. The van der Waals surface area contributed by atoms with Gasteiger partial charge in [-0.25, -0.2) is 5.10 Å². The minimum atomic E-state index is -0.232. The van der Waals surface area contributed by atoms with Crippen LogP contribution in [0.1, 0.15) is 11.3 Å². The first-order valence-corrected chi connectivity index (χ1v) is 9.99. The molecule has 0 spiro atoms. The topological polar surface area (TPSA) is 69.3 Å². The average Bonchev–Trinajstić information content (AvgIpc) is 2.73. The third kappa shape index (κ3) is 2.97. The van der Waals surface area contributed by atoms with Gasteiger partial charge in [-0.15, -0.1) is 0 Å². The van der Waals surface area contributed by atoms with Crippen LogP contribution in [-0.2, 0) is 17.8 Å². The fourth-order valence-electron chi connectivity index (χ4n) is 3.75. The zero-order valence-corrected chi connectivity index (χ0v) is 15.9. The molecule has 0 bridgehead atoms. The van der Waals surface area contributed by atoms with Crippen LogP contribution in [0.2, 0.25) is 0 Å². The standard InChI is InChI=1S/C21H18N4O2S/c26-20-11-14-12-24(10-9-15(14)22-23-20)21(27)13-25-16-5-1-3-7-18(16)28-19-8-4-2-6-17(19)25/h1-8,11H,9-10,12-13H2,(H,23,26). The van der Waals surface area contributed by atoms with E-state index in [1.165, 1.54) is 0 Å². The SMILES string of the molecule is O=C(CN1c2ccccc2Sc2ccccc21)N1CCc2n[nH]c(=O)cc2C1. The molecule has 3 aromatic rings. The lowest BCUT2D eigenvalue weighted by Gasteiger charge is -2.35. The van der Waals surface area contributed by atoms with E-state index < -0.39 is 0 Å². The number of carbonyl (C=O) groups is 1. The van der Waals surface area contributed by atoms with E-state index in [-0.39, 0.29) is 18.0 Å². The number of hydrogen-bond acceptors (Lipinski definition) is 5. The van der Waals surface area contributed by atoms with Crippen molar-refractivity contribution in [3.63, 3.8) is 0 Å². The van der Waals surface area contributed by atoms with Crippen LogP contribution >= 0.6 is 11.8 Å². The van der Waals surface area contributed by atoms with Crippen LogP contribution in [0.4, 0.5) is 11.4 Å². The van der Waals surface area contributed by atoms with Gasteiger partial charge in [-0.2, -0.15) is 5.10 Å². The van der Waals surface area contributed by atoms with Crippen molar-refractivity contribution in [2.24, 2.45) is 0 Å². The molecule has 1 amide bonds. The van der Waals surface area contributed by atoms with E-state index in [0.29, 0.717) is 19.5 Å². The summed E-state index contributed by atoms with van der Waals surface area (Å²) in [6.45, 7) is 1.30. The lowest BCUT2D eigenvalue weighted by Crippen LogP contribution is -2.42. The number of aromatic nitrogens is 2. The maximum Gasteiger partial charge on any atom is 0.264 e. The molecule has 0 radical (unpaired) electrons. The summed E-state index contributed by atoms with van der Waals surface area (Å²) in [5, 5.41) is 6.57. The fraction of sp³-hybridized carbons (Fsp3) is 0.190. The van der Waals surface area contributed by atoms with Crippen LogP contribution in [0.5, 0.6) is 0 Å². The summed E-state index contributed by atoms with van der Waals surface area (Å²) < 4.78 is 0. The minimum absolute atomic E-state index is 0.0439. The number of anilines is 2. The molecule has 0 saturated heterocycles. The average molecular weight is 390 g/mol. The first kappa shape index (κ1) is 17.1. The highest BCUT2D eigenvalue weighted by molar-refractivity contribution is 7.99. The van der Waals surface area contributed by atoms with Gasteiger partial charge in [-0.1, -0.05) is 36.0 Å². The predicted molar refractivity (Wildman–Crippen MR) is 108 cm³/mol. The molecule has 5 rings (SSSR count). The van der Waals surface area contributed by atoms with Crippen molar-refractivity contribution in [1.29, 1.82) is 0 Å². The Bertz CT molecular complexity index is 1080. The zero-order valence-electron chi connectivity index (χ0n) is 15.1. The van der Waals surface area contributed by atoms with Gasteiger partial charge in [0.25, 0.3) is 5.56 Å². The van der Waals surface area contributed by atoms with E-state index in [0.717, 1.165) is 32.4 Å². The van der Waals surface area contributed by atoms with Crippen molar-refractivity contribution in [2.45, 2.75) is 22.8 Å². The molecule has 0 saturated carbocycles. The maximum absolute atomic E-state index is 13.2. The van der Waals surface area contributed by atoms with E-state index in [2.05, 4.69) is 39.4 Å². The number of nitrogens with zero attached hydrogens (tertiary/aromatic N) is 3. The third-order valence-electron chi connectivity index (χ3n) is 5.13. The molecule has 7 heteroatoms. The number of para-hydroxylation sites is 2. The van der Waals surface area contributed by atoms with Crippen molar-refractivity contribution in [3.05, 3.63) is 76.2 Å². The predicted octanol–water partition coefficient (Wildman–Crippen LogP) is 2.96. The second-order valence-corrected chi connectivity index (χ2v) is 7.98. The number of carbonyl (C=O) groups excluding carboxylic acids is 1. The molecule has 0 fully saturated rings. The molecule has 0 atom stereocenters. The quantitative estimate of drug-likeness (QED) is 0.729. The highest BCUT2D eigenvalue weighted by Crippen LogP contribution is 2.47. The number of amides is 1. The summed E-state index contributed by atoms with van der Waals surface area (Å²) in [6, 6.07) is 17.9. The molecule has 0 unspecified atom stereocenters. The second kappa shape index (κ2) is 6.83. The molecular formula is C21H18N4O2S. The second-order valence-electron chi connectivity index (χ2n) is 6.89. The summed E-state index contributed by atoms with van der Waals surface area (Å²) in [5.74, 6) is 0.0439. The van der Waals surface area contributed by atoms with E-state index in [1.54, 1.807) is 17.8 Å². The van der Waals surface area contributed by atoms with Crippen LogP contribution in [0, 0.1) is 0 Å². The minimum Gasteiger partial charge on any atom is -0.336 e. The van der Waals surface area contributed by atoms with Crippen LogP contribution < -0.4 is 10.5 Å². The molecule has 0 aliphatic carbocycles. The van der Waals surface area contributed by atoms with Gasteiger partial charge in [0.15, 0.2) is 0 Å². The molecule has 2 aliphatic rings. The van der Waals surface area contributed by atoms with E-state index in [9.17, 15) is 9.59 Å². The molecule has 140 valence electrons. The van der Waals surface area contributed by atoms with Crippen LogP contribution in [0.3, 0.4) is 0 Å². The number of nitrogens with one attached hydrogen (secondary N) is 1. The normalized spacial score (nSPS) is 14.9. The highest BCUT2D eigenvalue weighted by Gasteiger charge is 2.28. The number of fused-ring (bicyclic) bond motifs is 3. The Morgan fingerprint density at radius 1 is 1.07 bits per heavy atom. The summed E-state index contributed by atoms with van der Waals surface area (Å²) in [6.07, 6.45) is 0.654. The third-order valence-corrected chi connectivity index (χ3v) is 6.27. The lowest BCUT2D eigenvalue weighted by molar-refractivity contribution is -0.130. The van der Waals surface area contributed by atoms with Crippen LogP contribution in [0.15, 0.2) is 69.2 Å². The first-order chi connectivity index (χ1) is 13.7. The summed E-state index contributed by atoms with van der Waals surface area (Å²) in [4.78, 5) is 30.9. The van der Waals surface area contributed by atoms with Crippen molar-refractivity contribution in [3.8, 4) is 0 Å². The maximum atomic E-state index is 13.2. The van der Waals surface area contributed by atoms with Crippen LogP contribution in [0.25, 0.3) is 0 Å². The Morgan fingerprint density at radius 3 is 2.46 bits per heavy atom. The van der Waals surface area contributed by atoms with Gasteiger partial charge in [-0.3, -0.25) is 9.59 Å². The van der Waals surface area contributed by atoms with E-state index in [1.807, 2.05) is 29.2 Å². The number of rotatable bonds is 2. The number of hydrogen-bond donors (Lipinski definition) is 1. The van der Waals surface area contributed by atoms with Gasteiger partial charge in [0.2, 0.25) is 5.91 Å². The Hall–Kier alpha value is -3.06. The number of H-pyrrole nitrogens is 1. The van der Waals surface area contributed by atoms with Crippen molar-refractivity contribution >= 4 is 29.0 Å². The van der Waals surface area contributed by atoms with Gasteiger partial charge in [0.05, 0.1) is 17.1 Å². The Labute approximate surface area is 166 Å². The molecule has 2 aromatic carbocycles. The molecule has 2 aliphatic heterocycles. The number of aromatic amines is 1. The van der Waals surface area contributed by atoms with Gasteiger partial charge < -0.3 is 9.80 Å². The monoisotopic (exact) mass is 390 g/mol. The highest BCUT2D eigenvalue weighted by atomic mass is 32.2. The Balaban J connectivity index is 1.44. The first-order valence-electron chi connectivity index (χ1n) is 9.18. The van der Waals surface area contributed by atoms with Gasteiger partial charge in [-0.05, 0) is 24.3 Å². The zero-order chi connectivity index (χ0) is 19.1. The summed E-state index contributed by atoms with van der Waals surface area (Å²) in [7, 11) is 0. The molecular weight excluding hydrogens is 372 g/mol. The van der Waals surface area contributed by atoms with Crippen molar-refractivity contribution < 1.29 is 4.79 Å². The van der Waals surface area contributed by atoms with Gasteiger partial charge >= 0.3 is 0 Å². The molecule has 3 heterocycles. The van der Waals surface area contributed by atoms with E-state index >= 15 is 0 Å². The van der Waals surface area contributed by atoms with Gasteiger partial charge in [0.1, 0.15) is 6.54 Å². The number of benzene rings is 2. The lowest BCUT2D eigenvalue weighted by atomic mass is 10.1. The Kier molecular flexibility index (Phi) is 4.16. The largest absolute Gasteiger partial charge is 0.336 e. The molecule has 1 N–H and O–H groups in total. The fourth-order valence-corrected chi connectivity index (χ4v) is 4.84. The van der Waals surface area contributed by atoms with Crippen molar-refractivity contribution in [2.75, 3.05) is 18.0 Å². The summed E-state index contributed by atoms with van der Waals surface area (Å²) in [5.41, 5.74) is 3.57. The van der Waals surface area contributed by atoms with Crippen LogP contribution in [-0.4, -0.2) is 34.1 Å². The van der Waals surface area contributed by atoms with E-state index in [4.69, 9.17) is 0 Å². The molecule has 6 nitrogen and oxygen atoms in total. The molecule has 28 heavy (non-hydrogen) atoms. The van der Waals surface area contributed by atoms with Gasteiger partial charge in [0, 0.05) is 40.9 Å². The molecule has 1 aromatic heterocycles. The van der Waals surface area contributed by atoms with Crippen molar-refractivity contribution in [1.82, 2.24) is 15.1 Å². The Morgan fingerprint density at radius 2 is 1.75 bits per heavy atom.